The van der Waals surface area contributed by atoms with Crippen LogP contribution >= 0.6 is 23.2 Å². The summed E-state index contributed by atoms with van der Waals surface area (Å²) >= 11 is 11.9. The summed E-state index contributed by atoms with van der Waals surface area (Å²) in [6, 6.07) is 13.3. The van der Waals surface area contributed by atoms with Crippen molar-refractivity contribution in [3.63, 3.8) is 0 Å². The van der Waals surface area contributed by atoms with Crippen molar-refractivity contribution in [1.29, 1.82) is 0 Å². The third-order valence-corrected chi connectivity index (χ3v) is 7.34. The Morgan fingerprint density at radius 1 is 1.12 bits per heavy atom. The topological polar surface area (TPSA) is 69.4 Å². The molecule has 0 aliphatic heterocycles. The first-order chi connectivity index (χ1) is 11.8. The van der Waals surface area contributed by atoms with E-state index in [2.05, 4.69) is 0 Å². The molecule has 0 saturated heterocycles. The van der Waals surface area contributed by atoms with E-state index < -0.39 is 20.6 Å². The van der Waals surface area contributed by atoms with Gasteiger partial charge in [-0.25, -0.2) is 8.42 Å². The smallest absolute Gasteiger partial charge is 0.183 e. The second kappa shape index (κ2) is 6.89. The number of hydrogen-bond donors (Lipinski definition) is 1. The van der Waals surface area contributed by atoms with Crippen LogP contribution in [0.2, 0.25) is 10.0 Å². The number of ether oxygens (including phenoxy) is 1. The van der Waals surface area contributed by atoms with Crippen molar-refractivity contribution in [2.24, 2.45) is 5.73 Å². The minimum Gasteiger partial charge on any atom is -0.380 e. The van der Waals surface area contributed by atoms with E-state index in [0.717, 1.165) is 5.56 Å². The number of hydrogen-bond acceptors (Lipinski definition) is 4. The van der Waals surface area contributed by atoms with E-state index in [1.54, 1.807) is 30.3 Å². The van der Waals surface area contributed by atoms with Gasteiger partial charge in [-0.05, 0) is 48.9 Å². The Morgan fingerprint density at radius 3 is 2.40 bits per heavy atom. The molecule has 1 fully saturated rings. The number of rotatable bonds is 6. The average Bonchev–Trinajstić information content (AvgIpc) is 3.20. The number of sulfone groups is 1. The summed E-state index contributed by atoms with van der Waals surface area (Å²) in [7, 11) is -3.64. The van der Waals surface area contributed by atoms with Gasteiger partial charge in [0.2, 0.25) is 0 Å². The first kappa shape index (κ1) is 18.7. The van der Waals surface area contributed by atoms with Crippen molar-refractivity contribution in [2.45, 2.75) is 28.5 Å². The van der Waals surface area contributed by atoms with Crippen LogP contribution in [0.5, 0.6) is 0 Å². The Kier molecular flexibility index (Phi) is 5.15. The Balaban J connectivity index is 2.01. The predicted molar refractivity (Wildman–Crippen MR) is 100 cm³/mol. The van der Waals surface area contributed by atoms with Crippen LogP contribution in [0.15, 0.2) is 53.4 Å². The Morgan fingerprint density at radius 2 is 1.80 bits per heavy atom. The summed E-state index contributed by atoms with van der Waals surface area (Å²) in [6.07, 6.45) is 0. The second-order valence-electron chi connectivity index (χ2n) is 6.20. The molecule has 3 atom stereocenters. The minimum atomic E-state index is -3.64. The van der Waals surface area contributed by atoms with Crippen LogP contribution in [0.1, 0.15) is 18.4 Å². The van der Waals surface area contributed by atoms with Gasteiger partial charge in [0.25, 0.3) is 0 Å². The van der Waals surface area contributed by atoms with Crippen LogP contribution in [0.4, 0.5) is 0 Å². The normalized spacial score (nSPS) is 25.8. The molecule has 0 radical (unpaired) electrons. The number of benzene rings is 2. The summed E-state index contributed by atoms with van der Waals surface area (Å²) in [5.41, 5.74) is 6.30. The fourth-order valence-electron chi connectivity index (χ4n) is 3.30. The van der Waals surface area contributed by atoms with Gasteiger partial charge >= 0.3 is 0 Å². The molecule has 1 aliphatic rings. The first-order valence-corrected chi connectivity index (χ1v) is 10.2. The molecular weight excluding hydrogens is 381 g/mol. The van der Waals surface area contributed by atoms with E-state index in [-0.39, 0.29) is 17.4 Å². The molecule has 25 heavy (non-hydrogen) atoms. The van der Waals surface area contributed by atoms with Crippen molar-refractivity contribution >= 4 is 33.0 Å². The van der Waals surface area contributed by atoms with Crippen LogP contribution in [0.3, 0.4) is 0 Å². The Bertz CT molecular complexity index is 870. The van der Waals surface area contributed by atoms with E-state index in [9.17, 15) is 8.42 Å². The number of nitrogens with two attached hydrogens (primary N) is 1. The summed E-state index contributed by atoms with van der Waals surface area (Å²) in [5.74, 6) is -0.376. The molecule has 0 bridgehead atoms. The molecule has 1 saturated carbocycles. The predicted octanol–water partition coefficient (Wildman–Crippen LogP) is 3.67. The highest BCUT2D eigenvalue weighted by atomic mass is 35.5. The molecule has 1 aliphatic carbocycles. The van der Waals surface area contributed by atoms with Crippen LogP contribution in [0, 0.1) is 0 Å². The van der Waals surface area contributed by atoms with E-state index >= 15 is 0 Å². The summed E-state index contributed by atoms with van der Waals surface area (Å²) < 4.78 is 31.8. The Labute approximate surface area is 157 Å². The molecule has 0 heterocycles. The summed E-state index contributed by atoms with van der Waals surface area (Å²) in [5, 5.41) is 0.256. The van der Waals surface area contributed by atoms with Crippen LogP contribution in [-0.2, 0) is 14.6 Å². The second-order valence-corrected chi connectivity index (χ2v) is 9.14. The molecule has 0 aromatic heterocycles. The van der Waals surface area contributed by atoms with E-state index in [4.69, 9.17) is 33.7 Å². The molecule has 134 valence electrons. The zero-order valence-corrected chi connectivity index (χ0v) is 16.0. The monoisotopic (exact) mass is 399 g/mol. The van der Waals surface area contributed by atoms with Crippen molar-refractivity contribution in [3.8, 4) is 0 Å². The lowest BCUT2D eigenvalue weighted by molar-refractivity contribution is 0.125. The van der Waals surface area contributed by atoms with Gasteiger partial charge < -0.3 is 10.5 Å². The maximum atomic E-state index is 13.1. The summed E-state index contributed by atoms with van der Waals surface area (Å²) in [6.45, 7) is 2.48. The van der Waals surface area contributed by atoms with Gasteiger partial charge in [-0.2, -0.15) is 0 Å². The maximum absolute atomic E-state index is 13.1. The van der Waals surface area contributed by atoms with Crippen molar-refractivity contribution < 1.29 is 13.2 Å². The lowest BCUT2D eigenvalue weighted by Gasteiger charge is -2.12. The van der Waals surface area contributed by atoms with Gasteiger partial charge in [-0.15, -0.1) is 0 Å². The van der Waals surface area contributed by atoms with Crippen LogP contribution in [0.25, 0.3) is 0 Å². The van der Waals surface area contributed by atoms with E-state index in [0.29, 0.717) is 16.7 Å². The quantitative estimate of drug-likeness (QED) is 0.804. The van der Waals surface area contributed by atoms with E-state index in [1.807, 2.05) is 13.0 Å². The third-order valence-electron chi connectivity index (χ3n) is 4.54. The fraction of sp³-hybridized carbons (Fsp3) is 0.333. The van der Waals surface area contributed by atoms with Crippen molar-refractivity contribution in [2.75, 3.05) is 13.2 Å². The largest absolute Gasteiger partial charge is 0.380 e. The zero-order chi connectivity index (χ0) is 18.2. The molecule has 0 spiro atoms. The average molecular weight is 400 g/mol. The third kappa shape index (κ3) is 3.44. The molecular formula is C18H19Cl2NO3S. The molecule has 0 amide bonds. The highest BCUT2D eigenvalue weighted by Crippen LogP contribution is 2.56. The van der Waals surface area contributed by atoms with Crippen LogP contribution < -0.4 is 5.73 Å². The lowest BCUT2D eigenvalue weighted by atomic mass is 10.1. The molecule has 2 aromatic rings. The standard InChI is InChI=1S/C18H19Cl2NO3S/c1-2-24-11-18(21)16(12-4-3-5-14(20)10-12)17(18)25(22,23)15-8-6-13(19)7-9-15/h3-10,16-17H,2,11,21H2,1H3. The molecule has 7 heteroatoms. The van der Waals surface area contributed by atoms with Crippen molar-refractivity contribution in [3.05, 3.63) is 64.1 Å². The molecule has 3 unspecified atom stereocenters. The molecule has 4 nitrogen and oxygen atoms in total. The SMILES string of the molecule is CCOCC1(N)C(c2cccc(Cl)c2)C1S(=O)(=O)c1ccc(Cl)cc1. The number of halogens is 2. The highest BCUT2D eigenvalue weighted by Gasteiger charge is 2.69. The van der Waals surface area contributed by atoms with Gasteiger partial charge in [-0.3, -0.25) is 0 Å². The molecule has 3 rings (SSSR count). The highest BCUT2D eigenvalue weighted by molar-refractivity contribution is 7.92. The lowest BCUT2D eigenvalue weighted by Crippen LogP contribution is -2.36. The van der Waals surface area contributed by atoms with Crippen LogP contribution in [-0.4, -0.2) is 32.4 Å². The minimum absolute atomic E-state index is 0.165. The van der Waals surface area contributed by atoms with Gasteiger partial charge in [0.15, 0.2) is 9.84 Å². The first-order valence-electron chi connectivity index (χ1n) is 7.92. The molecule has 2 aromatic carbocycles. The van der Waals surface area contributed by atoms with Gasteiger partial charge in [-0.1, -0.05) is 35.3 Å². The maximum Gasteiger partial charge on any atom is 0.183 e. The molecule has 2 N–H and O–H groups in total. The Hall–Kier alpha value is -1.11. The van der Waals surface area contributed by atoms with E-state index in [1.165, 1.54) is 12.1 Å². The van der Waals surface area contributed by atoms with Gasteiger partial charge in [0, 0.05) is 22.6 Å². The zero-order valence-electron chi connectivity index (χ0n) is 13.7. The summed E-state index contributed by atoms with van der Waals surface area (Å²) in [4.78, 5) is 0.206. The van der Waals surface area contributed by atoms with Gasteiger partial charge in [0.1, 0.15) is 0 Å². The fourth-order valence-corrected chi connectivity index (χ4v) is 5.91. The van der Waals surface area contributed by atoms with Crippen molar-refractivity contribution in [1.82, 2.24) is 0 Å². The van der Waals surface area contributed by atoms with Gasteiger partial charge in [0.05, 0.1) is 22.3 Å².